The van der Waals surface area contributed by atoms with Crippen molar-refractivity contribution in [3.63, 3.8) is 0 Å². The highest BCUT2D eigenvalue weighted by Crippen LogP contribution is 2.18. The standard InChI is InChI=1S/C10H16N2O3/c13-9(10(14)12-7-3-4-7)11-6-8-2-1-5-15-8/h7-8H,1-6H2,(H,11,13)(H,12,14)/t8-/m1/s1. The molecule has 0 aromatic carbocycles. The van der Waals surface area contributed by atoms with Gasteiger partial charge in [0, 0.05) is 19.2 Å². The normalized spacial score (nSPS) is 24.9. The summed E-state index contributed by atoms with van der Waals surface area (Å²) in [5.74, 6) is -1.06. The Bertz CT molecular complexity index is 257. The van der Waals surface area contributed by atoms with Crippen LogP contribution in [0.15, 0.2) is 0 Å². The van der Waals surface area contributed by atoms with Crippen LogP contribution in [0.2, 0.25) is 0 Å². The highest BCUT2D eigenvalue weighted by Gasteiger charge is 2.26. The van der Waals surface area contributed by atoms with E-state index in [1.165, 1.54) is 0 Å². The average Bonchev–Trinajstić information content (AvgIpc) is 2.88. The van der Waals surface area contributed by atoms with Crippen LogP contribution in [0.1, 0.15) is 25.7 Å². The van der Waals surface area contributed by atoms with Crippen LogP contribution in [0.3, 0.4) is 0 Å². The number of rotatable bonds is 3. The molecule has 2 fully saturated rings. The molecule has 1 aliphatic heterocycles. The molecule has 1 saturated carbocycles. The van der Waals surface area contributed by atoms with Crippen molar-refractivity contribution in [2.75, 3.05) is 13.2 Å². The maximum absolute atomic E-state index is 11.3. The second kappa shape index (κ2) is 4.61. The fourth-order valence-electron chi connectivity index (χ4n) is 1.57. The Kier molecular flexibility index (Phi) is 3.20. The van der Waals surface area contributed by atoms with Crippen LogP contribution in [-0.2, 0) is 14.3 Å². The van der Waals surface area contributed by atoms with Gasteiger partial charge in [-0.05, 0) is 25.7 Å². The first-order chi connectivity index (χ1) is 7.25. The SMILES string of the molecule is O=C(NC[C@H]1CCCO1)C(=O)NC1CC1. The molecule has 5 nitrogen and oxygen atoms in total. The van der Waals surface area contributed by atoms with E-state index in [0.29, 0.717) is 6.54 Å². The Hall–Kier alpha value is -1.10. The van der Waals surface area contributed by atoms with Crippen molar-refractivity contribution in [1.29, 1.82) is 0 Å². The van der Waals surface area contributed by atoms with E-state index in [0.717, 1.165) is 32.3 Å². The minimum Gasteiger partial charge on any atom is -0.376 e. The monoisotopic (exact) mass is 212 g/mol. The van der Waals surface area contributed by atoms with Crippen molar-refractivity contribution in [3.8, 4) is 0 Å². The summed E-state index contributed by atoms with van der Waals surface area (Å²) in [6.45, 7) is 1.20. The third-order valence-corrected chi connectivity index (χ3v) is 2.63. The van der Waals surface area contributed by atoms with Gasteiger partial charge in [0.05, 0.1) is 6.10 Å². The van der Waals surface area contributed by atoms with E-state index in [4.69, 9.17) is 4.74 Å². The zero-order valence-corrected chi connectivity index (χ0v) is 8.62. The summed E-state index contributed by atoms with van der Waals surface area (Å²) in [5, 5.41) is 5.22. The third-order valence-electron chi connectivity index (χ3n) is 2.63. The minimum atomic E-state index is -0.544. The second-order valence-corrected chi connectivity index (χ2v) is 4.09. The molecule has 0 bridgehead atoms. The summed E-state index contributed by atoms with van der Waals surface area (Å²) in [4.78, 5) is 22.5. The number of hydrogen-bond donors (Lipinski definition) is 2. The lowest BCUT2D eigenvalue weighted by Gasteiger charge is -2.10. The number of carbonyl (C=O) groups is 2. The van der Waals surface area contributed by atoms with Crippen LogP contribution in [0.25, 0.3) is 0 Å². The van der Waals surface area contributed by atoms with Gasteiger partial charge in [-0.15, -0.1) is 0 Å². The number of hydrogen-bond acceptors (Lipinski definition) is 3. The lowest BCUT2D eigenvalue weighted by Crippen LogP contribution is -2.43. The second-order valence-electron chi connectivity index (χ2n) is 4.09. The molecule has 2 amide bonds. The van der Waals surface area contributed by atoms with Gasteiger partial charge in [0.25, 0.3) is 0 Å². The molecule has 5 heteroatoms. The maximum Gasteiger partial charge on any atom is 0.309 e. The van der Waals surface area contributed by atoms with Crippen molar-refractivity contribution in [3.05, 3.63) is 0 Å². The molecule has 2 N–H and O–H groups in total. The third kappa shape index (κ3) is 3.20. The van der Waals surface area contributed by atoms with Crippen LogP contribution < -0.4 is 10.6 Å². The van der Waals surface area contributed by atoms with E-state index in [-0.39, 0.29) is 12.1 Å². The first-order valence-electron chi connectivity index (χ1n) is 5.46. The van der Waals surface area contributed by atoms with Gasteiger partial charge in [0.1, 0.15) is 0 Å². The Balaban J connectivity index is 1.64. The van der Waals surface area contributed by atoms with Gasteiger partial charge >= 0.3 is 11.8 Å². The molecule has 0 spiro atoms. The van der Waals surface area contributed by atoms with Crippen LogP contribution in [0.4, 0.5) is 0 Å². The van der Waals surface area contributed by atoms with E-state index in [9.17, 15) is 9.59 Å². The first-order valence-corrected chi connectivity index (χ1v) is 5.46. The van der Waals surface area contributed by atoms with Gasteiger partial charge in [0.2, 0.25) is 0 Å². The van der Waals surface area contributed by atoms with Crippen LogP contribution in [-0.4, -0.2) is 37.1 Å². The zero-order chi connectivity index (χ0) is 10.7. The fraction of sp³-hybridized carbons (Fsp3) is 0.800. The van der Waals surface area contributed by atoms with Crippen molar-refractivity contribution in [1.82, 2.24) is 10.6 Å². The molecule has 0 radical (unpaired) electrons. The molecular weight excluding hydrogens is 196 g/mol. The Morgan fingerprint density at radius 3 is 2.60 bits per heavy atom. The van der Waals surface area contributed by atoms with E-state index in [2.05, 4.69) is 10.6 Å². The predicted octanol–water partition coefficient (Wildman–Crippen LogP) is -0.440. The van der Waals surface area contributed by atoms with Gasteiger partial charge in [-0.1, -0.05) is 0 Å². The van der Waals surface area contributed by atoms with E-state index in [1.807, 2.05) is 0 Å². The van der Waals surface area contributed by atoms with E-state index < -0.39 is 11.8 Å². The highest BCUT2D eigenvalue weighted by atomic mass is 16.5. The van der Waals surface area contributed by atoms with Gasteiger partial charge in [-0.25, -0.2) is 0 Å². The molecule has 15 heavy (non-hydrogen) atoms. The molecule has 2 rings (SSSR count). The van der Waals surface area contributed by atoms with Gasteiger partial charge < -0.3 is 15.4 Å². The summed E-state index contributed by atoms with van der Waals surface area (Å²) in [5.41, 5.74) is 0. The topological polar surface area (TPSA) is 67.4 Å². The number of nitrogens with one attached hydrogen (secondary N) is 2. The lowest BCUT2D eigenvalue weighted by molar-refractivity contribution is -0.139. The summed E-state index contributed by atoms with van der Waals surface area (Å²) in [7, 11) is 0. The van der Waals surface area contributed by atoms with Crippen LogP contribution >= 0.6 is 0 Å². The lowest BCUT2D eigenvalue weighted by atomic mass is 10.2. The summed E-state index contributed by atoms with van der Waals surface area (Å²) in [6, 6.07) is 0.228. The number of amides is 2. The molecule has 1 heterocycles. The molecule has 0 aromatic rings. The van der Waals surface area contributed by atoms with Crippen LogP contribution in [0, 0.1) is 0 Å². The summed E-state index contributed by atoms with van der Waals surface area (Å²) < 4.78 is 5.33. The van der Waals surface area contributed by atoms with Crippen molar-refractivity contribution < 1.29 is 14.3 Å². The molecule has 2 aliphatic rings. The molecule has 0 aromatic heterocycles. The Morgan fingerprint density at radius 1 is 1.20 bits per heavy atom. The fourth-order valence-corrected chi connectivity index (χ4v) is 1.57. The van der Waals surface area contributed by atoms with Crippen molar-refractivity contribution in [2.24, 2.45) is 0 Å². The molecule has 0 unspecified atom stereocenters. The molecular formula is C10H16N2O3. The largest absolute Gasteiger partial charge is 0.376 e. The molecule has 1 saturated heterocycles. The summed E-state index contributed by atoms with van der Waals surface area (Å²) >= 11 is 0. The van der Waals surface area contributed by atoms with Gasteiger partial charge in [-0.3, -0.25) is 9.59 Å². The van der Waals surface area contributed by atoms with Crippen molar-refractivity contribution in [2.45, 2.75) is 37.8 Å². The predicted molar refractivity (Wildman–Crippen MR) is 53.1 cm³/mol. The van der Waals surface area contributed by atoms with Gasteiger partial charge in [-0.2, -0.15) is 0 Å². The smallest absolute Gasteiger partial charge is 0.309 e. The molecule has 1 atom stereocenters. The Labute approximate surface area is 88.5 Å². The van der Waals surface area contributed by atoms with Crippen LogP contribution in [0.5, 0.6) is 0 Å². The Morgan fingerprint density at radius 2 is 2.00 bits per heavy atom. The quantitative estimate of drug-likeness (QED) is 0.623. The number of ether oxygens (including phenoxy) is 1. The molecule has 1 aliphatic carbocycles. The molecule has 84 valence electrons. The number of carbonyl (C=O) groups excluding carboxylic acids is 2. The first kappa shape index (κ1) is 10.4. The minimum absolute atomic E-state index is 0.0858. The van der Waals surface area contributed by atoms with E-state index in [1.54, 1.807) is 0 Å². The summed E-state index contributed by atoms with van der Waals surface area (Å²) in [6.07, 6.45) is 4.07. The average molecular weight is 212 g/mol. The highest BCUT2D eigenvalue weighted by molar-refractivity contribution is 6.35. The van der Waals surface area contributed by atoms with E-state index >= 15 is 0 Å². The zero-order valence-electron chi connectivity index (χ0n) is 8.62. The maximum atomic E-state index is 11.3. The van der Waals surface area contributed by atoms with Crippen molar-refractivity contribution >= 4 is 11.8 Å². The van der Waals surface area contributed by atoms with Gasteiger partial charge in [0.15, 0.2) is 0 Å².